The van der Waals surface area contributed by atoms with Crippen LogP contribution in [0.3, 0.4) is 0 Å². The van der Waals surface area contributed by atoms with E-state index in [2.05, 4.69) is 0 Å². The lowest BCUT2D eigenvalue weighted by Gasteiger charge is -2.18. The molecule has 2 atom stereocenters. The van der Waals surface area contributed by atoms with Crippen LogP contribution in [0.15, 0.2) is 18.2 Å². The van der Waals surface area contributed by atoms with Crippen LogP contribution < -0.4 is 10.5 Å². The lowest BCUT2D eigenvalue weighted by Crippen LogP contribution is -2.38. The molecule has 0 saturated heterocycles. The third-order valence-electron chi connectivity index (χ3n) is 2.07. The van der Waals surface area contributed by atoms with Gasteiger partial charge in [-0.15, -0.1) is 0 Å². The Labute approximate surface area is 84.5 Å². The third-order valence-corrected chi connectivity index (χ3v) is 2.07. The molecule has 2 unspecified atom stereocenters. The zero-order chi connectivity index (χ0) is 10.7. The fourth-order valence-corrected chi connectivity index (χ4v) is 1.18. The third kappa shape index (κ3) is 2.72. The molecule has 0 aromatic heterocycles. The van der Waals surface area contributed by atoms with Gasteiger partial charge in [0.25, 0.3) is 0 Å². The first kappa shape index (κ1) is 11.0. The Kier molecular flexibility index (Phi) is 3.49. The maximum Gasteiger partial charge on any atom is 0.173 e. The van der Waals surface area contributed by atoms with Gasteiger partial charge < -0.3 is 9.84 Å². The van der Waals surface area contributed by atoms with Crippen molar-refractivity contribution in [1.82, 2.24) is 0 Å². The Morgan fingerprint density at radius 1 is 1.36 bits per heavy atom. The van der Waals surface area contributed by atoms with Crippen molar-refractivity contribution in [2.24, 2.45) is 5.73 Å². The topological polar surface area (TPSA) is 55.5 Å². The molecule has 1 rings (SSSR count). The zero-order valence-electron chi connectivity index (χ0n) is 8.82. The fraction of sp³-hybridized carbons (Fsp3) is 0.455. The van der Waals surface area contributed by atoms with Gasteiger partial charge in [-0.3, -0.25) is 5.73 Å². The Bertz CT molecular complexity index is 310. The van der Waals surface area contributed by atoms with Crippen LogP contribution in [0.2, 0.25) is 0 Å². The number of hydrogen-bond donors (Lipinski definition) is 2. The van der Waals surface area contributed by atoms with Crippen molar-refractivity contribution >= 4 is 0 Å². The normalized spacial score (nSPS) is 14.9. The minimum absolute atomic E-state index is 0.670. The van der Waals surface area contributed by atoms with Crippen LogP contribution in [-0.2, 0) is 0 Å². The first-order valence-corrected chi connectivity index (χ1v) is 4.68. The van der Waals surface area contributed by atoms with Crippen molar-refractivity contribution in [3.8, 4) is 5.75 Å². The predicted octanol–water partition coefficient (Wildman–Crippen LogP) is 1.35. The lowest BCUT2D eigenvalue weighted by molar-refractivity contribution is 0.0524. The SMILES string of the molecule is Cc1ccc(OC(N)C(C)O)c(C)c1. The monoisotopic (exact) mass is 195 g/mol. The standard InChI is InChI=1S/C11H17NO2/c1-7-4-5-10(8(2)6-7)14-11(12)9(3)13/h4-6,9,11,13H,12H2,1-3H3. The first-order chi connectivity index (χ1) is 6.50. The van der Waals surface area contributed by atoms with E-state index >= 15 is 0 Å². The summed E-state index contributed by atoms with van der Waals surface area (Å²) in [6.07, 6.45) is -1.34. The summed E-state index contributed by atoms with van der Waals surface area (Å²) in [6.45, 7) is 5.58. The van der Waals surface area contributed by atoms with Crippen LogP contribution >= 0.6 is 0 Å². The summed E-state index contributed by atoms with van der Waals surface area (Å²) in [5.41, 5.74) is 7.79. The molecule has 3 heteroatoms. The quantitative estimate of drug-likeness (QED) is 0.716. The van der Waals surface area contributed by atoms with Gasteiger partial charge >= 0.3 is 0 Å². The van der Waals surface area contributed by atoms with E-state index in [-0.39, 0.29) is 0 Å². The minimum atomic E-state index is -0.671. The number of aliphatic hydroxyl groups excluding tert-OH is 1. The Morgan fingerprint density at radius 2 is 2.00 bits per heavy atom. The maximum absolute atomic E-state index is 9.18. The van der Waals surface area contributed by atoms with Gasteiger partial charge in [0.2, 0.25) is 0 Å². The summed E-state index contributed by atoms with van der Waals surface area (Å²) in [4.78, 5) is 0. The highest BCUT2D eigenvalue weighted by Crippen LogP contribution is 2.19. The predicted molar refractivity (Wildman–Crippen MR) is 56.2 cm³/mol. The first-order valence-electron chi connectivity index (χ1n) is 4.68. The summed E-state index contributed by atoms with van der Waals surface area (Å²) >= 11 is 0. The number of hydrogen-bond acceptors (Lipinski definition) is 3. The summed E-state index contributed by atoms with van der Waals surface area (Å²) < 4.78 is 5.39. The molecule has 0 aliphatic rings. The number of nitrogens with two attached hydrogens (primary N) is 1. The second-order valence-electron chi connectivity index (χ2n) is 3.59. The van der Waals surface area contributed by atoms with Gasteiger partial charge in [0.05, 0.1) is 0 Å². The molecule has 3 N–H and O–H groups in total. The molecule has 0 spiro atoms. The molecule has 3 nitrogen and oxygen atoms in total. The molecule has 0 fully saturated rings. The average molecular weight is 195 g/mol. The largest absolute Gasteiger partial charge is 0.473 e. The van der Waals surface area contributed by atoms with Crippen LogP contribution in [0.4, 0.5) is 0 Å². The van der Waals surface area contributed by atoms with Crippen LogP contribution in [0, 0.1) is 13.8 Å². The molecule has 0 amide bonds. The summed E-state index contributed by atoms with van der Waals surface area (Å²) in [5.74, 6) is 0.726. The second kappa shape index (κ2) is 4.44. The van der Waals surface area contributed by atoms with Crippen molar-refractivity contribution in [3.05, 3.63) is 29.3 Å². The molecule has 0 aliphatic carbocycles. The van der Waals surface area contributed by atoms with E-state index in [0.717, 1.165) is 11.3 Å². The van der Waals surface area contributed by atoms with E-state index in [9.17, 15) is 5.11 Å². The molecule has 14 heavy (non-hydrogen) atoms. The molecule has 0 radical (unpaired) electrons. The fourth-order valence-electron chi connectivity index (χ4n) is 1.18. The Morgan fingerprint density at radius 3 is 2.50 bits per heavy atom. The molecule has 1 aromatic rings. The summed E-state index contributed by atoms with van der Waals surface area (Å²) in [7, 11) is 0. The van der Waals surface area contributed by atoms with Gasteiger partial charge in [-0.2, -0.15) is 0 Å². The van der Waals surface area contributed by atoms with Crippen LogP contribution in [0.1, 0.15) is 18.1 Å². The number of benzene rings is 1. The average Bonchev–Trinajstić information content (AvgIpc) is 2.09. The highest BCUT2D eigenvalue weighted by atomic mass is 16.5. The smallest absolute Gasteiger partial charge is 0.173 e. The van der Waals surface area contributed by atoms with Crippen LogP contribution in [0.5, 0.6) is 5.75 Å². The summed E-state index contributed by atoms with van der Waals surface area (Å²) in [6, 6.07) is 5.84. The zero-order valence-corrected chi connectivity index (χ0v) is 8.82. The number of aryl methyl sites for hydroxylation is 2. The van der Waals surface area contributed by atoms with Crippen molar-refractivity contribution in [3.63, 3.8) is 0 Å². The Balaban J connectivity index is 2.77. The highest BCUT2D eigenvalue weighted by Gasteiger charge is 2.11. The van der Waals surface area contributed by atoms with E-state index in [1.54, 1.807) is 6.92 Å². The molecule has 1 aromatic carbocycles. The van der Waals surface area contributed by atoms with Gasteiger partial charge in [-0.05, 0) is 32.4 Å². The number of ether oxygens (including phenoxy) is 1. The molecule has 0 heterocycles. The van der Waals surface area contributed by atoms with Crippen molar-refractivity contribution < 1.29 is 9.84 Å². The van der Waals surface area contributed by atoms with E-state index in [1.807, 2.05) is 32.0 Å². The molecule has 0 saturated carbocycles. The number of aliphatic hydroxyl groups is 1. The van der Waals surface area contributed by atoms with Gasteiger partial charge in [0, 0.05) is 0 Å². The van der Waals surface area contributed by atoms with E-state index < -0.39 is 12.3 Å². The molecule has 0 bridgehead atoms. The second-order valence-corrected chi connectivity index (χ2v) is 3.59. The van der Waals surface area contributed by atoms with Gasteiger partial charge in [-0.1, -0.05) is 17.7 Å². The van der Waals surface area contributed by atoms with E-state index in [4.69, 9.17) is 10.5 Å². The number of rotatable bonds is 3. The van der Waals surface area contributed by atoms with Gasteiger partial charge in [-0.25, -0.2) is 0 Å². The Hall–Kier alpha value is -1.06. The van der Waals surface area contributed by atoms with Crippen molar-refractivity contribution in [2.45, 2.75) is 33.1 Å². The molecule has 0 aliphatic heterocycles. The maximum atomic E-state index is 9.18. The summed E-state index contributed by atoms with van der Waals surface area (Å²) in [5, 5.41) is 9.18. The van der Waals surface area contributed by atoms with E-state index in [1.165, 1.54) is 5.56 Å². The van der Waals surface area contributed by atoms with Crippen LogP contribution in [-0.4, -0.2) is 17.4 Å². The lowest BCUT2D eigenvalue weighted by atomic mass is 10.1. The molecular weight excluding hydrogens is 178 g/mol. The van der Waals surface area contributed by atoms with Gasteiger partial charge in [0.1, 0.15) is 11.9 Å². The van der Waals surface area contributed by atoms with Gasteiger partial charge in [0.15, 0.2) is 6.23 Å². The molecule has 78 valence electrons. The minimum Gasteiger partial charge on any atom is -0.473 e. The van der Waals surface area contributed by atoms with Crippen molar-refractivity contribution in [2.75, 3.05) is 0 Å². The molecular formula is C11H17NO2. The van der Waals surface area contributed by atoms with E-state index in [0.29, 0.717) is 0 Å². The highest BCUT2D eigenvalue weighted by molar-refractivity contribution is 5.35. The van der Waals surface area contributed by atoms with Crippen molar-refractivity contribution in [1.29, 1.82) is 0 Å². The van der Waals surface area contributed by atoms with Crippen LogP contribution in [0.25, 0.3) is 0 Å².